The normalized spacial score (nSPS) is 18.5. The van der Waals surface area contributed by atoms with Gasteiger partial charge in [-0.25, -0.2) is 9.97 Å². The van der Waals surface area contributed by atoms with Gasteiger partial charge in [0.15, 0.2) is 5.82 Å². The Morgan fingerprint density at radius 2 is 1.44 bits per heavy atom. The van der Waals surface area contributed by atoms with Crippen LogP contribution in [0, 0.1) is 11.8 Å². The van der Waals surface area contributed by atoms with Crippen LogP contribution in [-0.4, -0.2) is 61.9 Å². The molecule has 1 saturated heterocycles. The number of aryl methyl sites for hydroxylation is 1. The smallest absolute Gasteiger partial charge is 0.310 e. The quantitative estimate of drug-likeness (QED) is 0.195. The Morgan fingerprint density at radius 3 is 2.02 bits per heavy atom. The molecule has 9 heteroatoms. The topological polar surface area (TPSA) is 125 Å². The summed E-state index contributed by atoms with van der Waals surface area (Å²) in [4.78, 5) is 52.8. The van der Waals surface area contributed by atoms with Crippen molar-refractivity contribution in [2.45, 2.75) is 70.8 Å². The monoisotopic (exact) mass is 645 g/mol. The molecule has 2 aromatic carbocycles. The zero-order valence-electron chi connectivity index (χ0n) is 27.6. The lowest BCUT2D eigenvalue weighted by atomic mass is 9.78. The van der Waals surface area contributed by atoms with Crippen molar-refractivity contribution in [1.29, 1.82) is 0 Å². The molecule has 0 bridgehead atoms. The number of hydrogen-bond acceptors (Lipinski definition) is 6. The Morgan fingerprint density at radius 1 is 0.792 bits per heavy atom. The molecular weight excluding hydrogens is 602 g/mol. The molecule has 0 radical (unpaired) electrons. The van der Waals surface area contributed by atoms with Crippen molar-refractivity contribution in [2.24, 2.45) is 11.8 Å². The Kier molecular flexibility index (Phi) is 10.2. The lowest BCUT2D eigenvalue weighted by Gasteiger charge is -2.38. The molecule has 2 aromatic heterocycles. The van der Waals surface area contributed by atoms with Crippen molar-refractivity contribution in [3.8, 4) is 22.5 Å². The third-order valence-corrected chi connectivity index (χ3v) is 10.1. The first-order valence-electron chi connectivity index (χ1n) is 17.1. The van der Waals surface area contributed by atoms with E-state index in [4.69, 9.17) is 0 Å². The Labute approximate surface area is 281 Å². The molecule has 2 fully saturated rings. The Balaban J connectivity index is 1.11. The SMILES string of the molecule is CCc1ccc(C(=O)N[C@@H](Cc2ccc(-c3ncc(-c4ccc(C5CCC(CC)CC5)cc4)cn3)cc2)C(=O)N2CC(C(=O)O)C2)nc1. The third kappa shape index (κ3) is 7.62. The predicted octanol–water partition coefficient (Wildman–Crippen LogP) is 6.34. The first-order chi connectivity index (χ1) is 23.3. The van der Waals surface area contributed by atoms with Gasteiger partial charge in [-0.15, -0.1) is 0 Å². The molecule has 0 spiro atoms. The molecule has 1 aliphatic heterocycles. The molecule has 4 aromatic rings. The maximum absolute atomic E-state index is 13.4. The molecule has 6 rings (SSSR count). The van der Waals surface area contributed by atoms with Gasteiger partial charge in [-0.3, -0.25) is 19.4 Å². The molecule has 1 atom stereocenters. The number of nitrogens with zero attached hydrogens (tertiary/aromatic N) is 4. The minimum atomic E-state index is -0.927. The van der Waals surface area contributed by atoms with E-state index in [1.807, 2.05) is 49.6 Å². The molecule has 2 N–H and O–H groups in total. The number of pyridine rings is 1. The van der Waals surface area contributed by atoms with Crippen LogP contribution in [0.4, 0.5) is 0 Å². The highest BCUT2D eigenvalue weighted by molar-refractivity contribution is 5.96. The van der Waals surface area contributed by atoms with Crippen molar-refractivity contribution >= 4 is 17.8 Å². The lowest BCUT2D eigenvalue weighted by molar-refractivity contribution is -0.153. The maximum atomic E-state index is 13.4. The van der Waals surface area contributed by atoms with Crippen LogP contribution in [0.3, 0.4) is 0 Å². The summed E-state index contributed by atoms with van der Waals surface area (Å²) in [5, 5.41) is 12.1. The molecule has 2 amide bonds. The third-order valence-electron chi connectivity index (χ3n) is 10.1. The second-order valence-corrected chi connectivity index (χ2v) is 13.2. The van der Waals surface area contributed by atoms with E-state index < -0.39 is 23.8 Å². The van der Waals surface area contributed by atoms with Crippen LogP contribution in [0.25, 0.3) is 22.5 Å². The van der Waals surface area contributed by atoms with Gasteiger partial charge in [-0.05, 0) is 72.3 Å². The Hall–Kier alpha value is -4.92. The van der Waals surface area contributed by atoms with Gasteiger partial charge in [0.1, 0.15) is 11.7 Å². The number of likely N-dealkylation sites (tertiary alicyclic amines) is 1. The summed E-state index contributed by atoms with van der Waals surface area (Å²) in [5.74, 6) is -0.146. The standard InChI is InChI=1S/C39H43N5O4/c1-3-25-5-10-28(11-6-25)29-14-16-30(17-15-29)32-21-41-36(42-22-32)31-12-7-27(8-13-31)19-35(38(46)44-23-33(24-44)39(47)48)43-37(45)34-18-9-26(4-2)20-40-34/h7-9,12-18,20-22,25,28,33,35H,3-6,10-11,19,23-24H2,1-2H3,(H,43,45)(H,47,48)/t25?,28?,35-/m0/s1. The molecule has 1 aliphatic carbocycles. The number of nitrogens with one attached hydrogen (secondary N) is 1. The number of amides is 2. The largest absolute Gasteiger partial charge is 0.481 e. The fraction of sp³-hybridized carbons (Fsp3) is 0.385. The first-order valence-corrected chi connectivity index (χ1v) is 17.1. The highest BCUT2D eigenvalue weighted by Crippen LogP contribution is 2.37. The van der Waals surface area contributed by atoms with Gasteiger partial charge in [-0.1, -0.05) is 74.9 Å². The molecule has 9 nitrogen and oxygen atoms in total. The van der Waals surface area contributed by atoms with Crippen LogP contribution >= 0.6 is 0 Å². The highest BCUT2D eigenvalue weighted by atomic mass is 16.4. The number of hydrogen-bond donors (Lipinski definition) is 2. The van der Waals surface area contributed by atoms with E-state index in [2.05, 4.69) is 51.5 Å². The number of aliphatic carboxylic acids is 1. The van der Waals surface area contributed by atoms with Crippen LogP contribution in [-0.2, 0) is 22.4 Å². The number of carboxylic acid groups (broad SMARTS) is 1. The van der Waals surface area contributed by atoms with Gasteiger partial charge in [-0.2, -0.15) is 0 Å². The van der Waals surface area contributed by atoms with Gasteiger partial charge in [0, 0.05) is 49.2 Å². The second-order valence-electron chi connectivity index (χ2n) is 13.2. The van der Waals surface area contributed by atoms with E-state index in [1.54, 1.807) is 12.3 Å². The average Bonchev–Trinajstić information content (AvgIpc) is 3.11. The summed E-state index contributed by atoms with van der Waals surface area (Å²) in [6.45, 7) is 4.56. The number of aromatic nitrogens is 3. The summed E-state index contributed by atoms with van der Waals surface area (Å²) in [7, 11) is 0. The summed E-state index contributed by atoms with van der Waals surface area (Å²) in [6.07, 6.45) is 12.9. The van der Waals surface area contributed by atoms with E-state index >= 15 is 0 Å². The number of carbonyl (C=O) groups excluding carboxylic acids is 2. The summed E-state index contributed by atoms with van der Waals surface area (Å²) < 4.78 is 0. The molecule has 0 unspecified atom stereocenters. The predicted molar refractivity (Wildman–Crippen MR) is 184 cm³/mol. The number of rotatable bonds is 11. The van der Waals surface area contributed by atoms with Crippen molar-refractivity contribution in [2.75, 3.05) is 13.1 Å². The van der Waals surface area contributed by atoms with Crippen LogP contribution in [0.15, 0.2) is 79.3 Å². The zero-order valence-corrected chi connectivity index (χ0v) is 27.6. The summed E-state index contributed by atoms with van der Waals surface area (Å²) >= 11 is 0. The van der Waals surface area contributed by atoms with Gasteiger partial charge < -0.3 is 15.3 Å². The van der Waals surface area contributed by atoms with Crippen LogP contribution in [0.1, 0.15) is 79.0 Å². The van der Waals surface area contributed by atoms with Crippen molar-refractivity contribution in [3.63, 3.8) is 0 Å². The van der Waals surface area contributed by atoms with Crippen molar-refractivity contribution < 1.29 is 19.5 Å². The van der Waals surface area contributed by atoms with Crippen LogP contribution in [0.5, 0.6) is 0 Å². The van der Waals surface area contributed by atoms with E-state index in [0.717, 1.165) is 40.2 Å². The number of benzene rings is 2. The fourth-order valence-corrected chi connectivity index (χ4v) is 6.74. The number of carboxylic acids is 1. The van der Waals surface area contributed by atoms with Gasteiger partial charge in [0.2, 0.25) is 5.91 Å². The molecule has 248 valence electrons. The van der Waals surface area contributed by atoms with Crippen LogP contribution < -0.4 is 5.32 Å². The van der Waals surface area contributed by atoms with Crippen molar-refractivity contribution in [3.05, 3.63) is 102 Å². The lowest BCUT2D eigenvalue weighted by Crippen LogP contribution is -2.59. The fourth-order valence-electron chi connectivity index (χ4n) is 6.74. The number of carbonyl (C=O) groups is 3. The highest BCUT2D eigenvalue weighted by Gasteiger charge is 2.39. The van der Waals surface area contributed by atoms with E-state index in [1.165, 1.54) is 42.6 Å². The van der Waals surface area contributed by atoms with Gasteiger partial charge in [0.05, 0.1) is 5.92 Å². The molecule has 1 saturated carbocycles. The van der Waals surface area contributed by atoms with E-state index in [-0.39, 0.29) is 31.1 Å². The average molecular weight is 646 g/mol. The first kappa shape index (κ1) is 33.0. The zero-order chi connectivity index (χ0) is 33.6. The minimum absolute atomic E-state index is 0.125. The minimum Gasteiger partial charge on any atom is -0.481 e. The summed E-state index contributed by atoms with van der Waals surface area (Å²) in [5.41, 5.74) is 6.37. The molecule has 48 heavy (non-hydrogen) atoms. The molecular formula is C39H43N5O4. The van der Waals surface area contributed by atoms with Crippen LogP contribution in [0.2, 0.25) is 0 Å². The van der Waals surface area contributed by atoms with E-state index in [0.29, 0.717) is 11.7 Å². The van der Waals surface area contributed by atoms with E-state index in [9.17, 15) is 19.5 Å². The van der Waals surface area contributed by atoms with Gasteiger partial charge in [0.25, 0.3) is 5.91 Å². The summed E-state index contributed by atoms with van der Waals surface area (Å²) in [6, 6.07) is 19.1. The molecule has 2 aliphatic rings. The van der Waals surface area contributed by atoms with Crippen molar-refractivity contribution in [1.82, 2.24) is 25.2 Å². The van der Waals surface area contributed by atoms with Gasteiger partial charge >= 0.3 is 5.97 Å². The maximum Gasteiger partial charge on any atom is 0.310 e. The second kappa shape index (κ2) is 14.9. The Bertz CT molecular complexity index is 1710. The molecule has 3 heterocycles.